The normalized spacial score (nSPS) is 15.1. The molecule has 3 N–H and O–H groups in total. The minimum Gasteiger partial charge on any atom is -0.383 e. The fourth-order valence-corrected chi connectivity index (χ4v) is 5.15. The Morgan fingerprint density at radius 1 is 1.28 bits per heavy atom. The number of nitrogens with zero attached hydrogens (tertiary/aromatic N) is 4. The van der Waals surface area contributed by atoms with E-state index in [0.717, 1.165) is 48.9 Å². The molecule has 3 aromatic rings. The van der Waals surface area contributed by atoms with Crippen molar-refractivity contribution in [2.45, 2.75) is 76.7 Å². The van der Waals surface area contributed by atoms with Crippen LogP contribution in [0.2, 0.25) is 0 Å². The van der Waals surface area contributed by atoms with Crippen LogP contribution in [0.15, 0.2) is 34.9 Å². The number of halogens is 1. The van der Waals surface area contributed by atoms with Gasteiger partial charge in [0.15, 0.2) is 0 Å². The number of alkyl halides is 1. The van der Waals surface area contributed by atoms with Crippen molar-refractivity contribution in [3.8, 4) is 17.3 Å². The molecule has 0 aliphatic heterocycles. The lowest BCUT2D eigenvalue weighted by atomic mass is 9.69. The van der Waals surface area contributed by atoms with Gasteiger partial charge in [-0.15, -0.1) is 0 Å². The summed E-state index contributed by atoms with van der Waals surface area (Å²) in [5.41, 5.74) is 9.17. The summed E-state index contributed by atoms with van der Waals surface area (Å²) in [6.45, 7) is 3.56. The van der Waals surface area contributed by atoms with Crippen molar-refractivity contribution in [2.75, 3.05) is 17.7 Å². The van der Waals surface area contributed by atoms with Gasteiger partial charge in [-0.2, -0.15) is 10.4 Å². The van der Waals surface area contributed by atoms with E-state index in [9.17, 15) is 14.4 Å². The van der Waals surface area contributed by atoms with Crippen LogP contribution in [0.3, 0.4) is 0 Å². The third kappa shape index (κ3) is 5.27. The van der Waals surface area contributed by atoms with E-state index in [0.29, 0.717) is 29.4 Å². The van der Waals surface area contributed by atoms with Gasteiger partial charge >= 0.3 is 0 Å². The summed E-state index contributed by atoms with van der Waals surface area (Å²) in [5.74, 6) is 0.431. The molecule has 1 aromatic carbocycles. The number of nitrogens with one attached hydrogen (secondary N) is 1. The third-order valence-electron chi connectivity index (χ3n) is 7.06. The number of hydrogen-bond donors (Lipinski definition) is 2. The number of benzene rings is 1. The quantitative estimate of drug-likeness (QED) is 0.395. The fourth-order valence-electron chi connectivity index (χ4n) is 5.15. The standard InChI is InChI=1S/C27H33FN6O2/c1-18(2)34-26(30)21(17-29)25(32-34)20-9-7-19(8-10-20)15-23(35)31-24-16-22(33-36-24)27(13-6-14-28)11-4-3-5-12-27/h7-10,16,18H,3-6,11-15,30H2,1-2H3,(H,31,35). The first-order valence-electron chi connectivity index (χ1n) is 12.6. The van der Waals surface area contributed by atoms with E-state index in [4.69, 9.17) is 10.3 Å². The average molecular weight is 493 g/mol. The van der Waals surface area contributed by atoms with Crippen LogP contribution in [0.4, 0.5) is 16.1 Å². The SMILES string of the molecule is CC(C)n1nc(-c2ccc(CC(=O)Nc3cc(C4(CCCF)CCCCC4)no3)cc2)c(C#N)c1N. The minimum atomic E-state index is -0.340. The van der Waals surface area contributed by atoms with Crippen molar-refractivity contribution in [1.29, 1.82) is 5.26 Å². The number of carbonyl (C=O) groups is 1. The predicted octanol–water partition coefficient (Wildman–Crippen LogP) is 5.71. The number of nitriles is 1. The van der Waals surface area contributed by atoms with E-state index in [1.165, 1.54) is 6.42 Å². The van der Waals surface area contributed by atoms with Crippen molar-refractivity contribution in [2.24, 2.45) is 0 Å². The molecular formula is C27H33FN6O2. The molecule has 190 valence electrons. The Balaban J connectivity index is 1.43. The molecule has 2 heterocycles. The van der Waals surface area contributed by atoms with Gasteiger partial charge in [0.05, 0.1) is 18.8 Å². The molecule has 8 nitrogen and oxygen atoms in total. The van der Waals surface area contributed by atoms with E-state index in [1.54, 1.807) is 10.7 Å². The second-order valence-corrected chi connectivity index (χ2v) is 9.89. The average Bonchev–Trinajstić information content (AvgIpc) is 3.48. The molecule has 9 heteroatoms. The first-order chi connectivity index (χ1) is 17.4. The second kappa shape index (κ2) is 10.9. The van der Waals surface area contributed by atoms with Crippen LogP contribution >= 0.6 is 0 Å². The van der Waals surface area contributed by atoms with E-state index in [-0.39, 0.29) is 30.5 Å². The van der Waals surface area contributed by atoms with Crippen LogP contribution in [0.25, 0.3) is 11.3 Å². The largest absolute Gasteiger partial charge is 0.383 e. The van der Waals surface area contributed by atoms with E-state index >= 15 is 0 Å². The molecule has 1 aliphatic rings. The van der Waals surface area contributed by atoms with Gasteiger partial charge in [-0.3, -0.25) is 14.5 Å². The summed E-state index contributed by atoms with van der Waals surface area (Å²) < 4.78 is 20.0. The van der Waals surface area contributed by atoms with Crippen molar-refractivity contribution < 1.29 is 13.7 Å². The van der Waals surface area contributed by atoms with Gasteiger partial charge in [-0.05, 0) is 45.1 Å². The Bertz CT molecular complexity index is 1230. The molecule has 4 rings (SSSR count). The molecule has 0 atom stereocenters. The zero-order valence-corrected chi connectivity index (χ0v) is 20.9. The van der Waals surface area contributed by atoms with Crippen LogP contribution < -0.4 is 11.1 Å². The zero-order valence-electron chi connectivity index (χ0n) is 20.9. The van der Waals surface area contributed by atoms with Crippen LogP contribution in [0.1, 0.15) is 81.7 Å². The van der Waals surface area contributed by atoms with Gasteiger partial charge in [-0.25, -0.2) is 4.68 Å². The maximum Gasteiger partial charge on any atom is 0.231 e. The molecule has 0 saturated heterocycles. The van der Waals surface area contributed by atoms with Crippen LogP contribution in [0.5, 0.6) is 0 Å². The molecule has 2 aromatic heterocycles. The topological polar surface area (TPSA) is 123 Å². The third-order valence-corrected chi connectivity index (χ3v) is 7.06. The summed E-state index contributed by atoms with van der Waals surface area (Å²) >= 11 is 0. The lowest BCUT2D eigenvalue weighted by Gasteiger charge is -2.35. The van der Waals surface area contributed by atoms with E-state index in [1.807, 2.05) is 38.1 Å². The van der Waals surface area contributed by atoms with Crippen LogP contribution in [0, 0.1) is 11.3 Å². The molecule has 0 spiro atoms. The van der Waals surface area contributed by atoms with Crippen molar-refractivity contribution >= 4 is 17.6 Å². The molecule has 1 fully saturated rings. The smallest absolute Gasteiger partial charge is 0.231 e. The predicted molar refractivity (Wildman–Crippen MR) is 136 cm³/mol. The van der Waals surface area contributed by atoms with E-state index < -0.39 is 0 Å². The molecule has 1 aliphatic carbocycles. The Morgan fingerprint density at radius 3 is 2.64 bits per heavy atom. The number of amides is 1. The molecular weight excluding hydrogens is 459 g/mol. The van der Waals surface area contributed by atoms with Crippen molar-refractivity contribution in [3.05, 3.63) is 47.2 Å². The van der Waals surface area contributed by atoms with Crippen LogP contribution in [-0.2, 0) is 16.6 Å². The number of aromatic nitrogens is 3. The minimum absolute atomic E-state index is 0.0297. The molecule has 0 unspecified atom stereocenters. The summed E-state index contributed by atoms with van der Waals surface area (Å²) in [5, 5.41) is 21.1. The van der Waals surface area contributed by atoms with Gasteiger partial charge in [0, 0.05) is 23.1 Å². The monoisotopic (exact) mass is 492 g/mol. The van der Waals surface area contributed by atoms with Crippen molar-refractivity contribution in [1.82, 2.24) is 14.9 Å². The maximum atomic E-state index is 12.9. The molecule has 0 radical (unpaired) electrons. The number of nitrogens with two attached hydrogens (primary N) is 1. The Hall–Kier alpha value is -3.67. The first kappa shape index (κ1) is 25.4. The zero-order chi connectivity index (χ0) is 25.7. The summed E-state index contributed by atoms with van der Waals surface area (Å²) in [6, 6.07) is 11.3. The van der Waals surface area contributed by atoms with Crippen LogP contribution in [-0.4, -0.2) is 27.5 Å². The molecule has 0 bridgehead atoms. The highest BCUT2D eigenvalue weighted by Gasteiger charge is 2.36. The van der Waals surface area contributed by atoms with Gasteiger partial charge in [0.25, 0.3) is 0 Å². The highest BCUT2D eigenvalue weighted by atomic mass is 19.1. The highest BCUT2D eigenvalue weighted by molar-refractivity contribution is 5.91. The lowest BCUT2D eigenvalue weighted by molar-refractivity contribution is -0.115. The summed E-state index contributed by atoms with van der Waals surface area (Å²) in [4.78, 5) is 12.7. The molecule has 1 saturated carbocycles. The summed E-state index contributed by atoms with van der Waals surface area (Å²) in [6.07, 6.45) is 6.70. The maximum absolute atomic E-state index is 12.9. The summed E-state index contributed by atoms with van der Waals surface area (Å²) in [7, 11) is 0. The second-order valence-electron chi connectivity index (χ2n) is 9.89. The number of hydrogen-bond acceptors (Lipinski definition) is 6. The van der Waals surface area contributed by atoms with Gasteiger partial charge in [0.2, 0.25) is 11.8 Å². The molecule has 1 amide bonds. The van der Waals surface area contributed by atoms with Gasteiger partial charge in [0.1, 0.15) is 23.1 Å². The first-order valence-corrected chi connectivity index (χ1v) is 12.6. The lowest BCUT2D eigenvalue weighted by Crippen LogP contribution is -2.29. The Morgan fingerprint density at radius 2 is 2.00 bits per heavy atom. The van der Waals surface area contributed by atoms with Gasteiger partial charge < -0.3 is 10.3 Å². The highest BCUT2D eigenvalue weighted by Crippen LogP contribution is 2.43. The number of carbonyl (C=O) groups excluding carboxylic acids is 1. The molecule has 36 heavy (non-hydrogen) atoms. The fraction of sp³-hybridized carbons (Fsp3) is 0.481. The number of anilines is 2. The Kier molecular flexibility index (Phi) is 7.73. The Labute approximate surface area is 210 Å². The van der Waals surface area contributed by atoms with Crippen molar-refractivity contribution in [3.63, 3.8) is 0 Å². The number of rotatable bonds is 9. The van der Waals surface area contributed by atoms with E-state index in [2.05, 4.69) is 21.6 Å². The van der Waals surface area contributed by atoms with Gasteiger partial charge in [-0.1, -0.05) is 48.7 Å². The number of nitrogen functional groups attached to an aromatic ring is 1.